The normalized spacial score (nSPS) is 10.0. The second kappa shape index (κ2) is 9.43. The monoisotopic (exact) mass is 326 g/mol. The van der Waals surface area contributed by atoms with Gasteiger partial charge in [-0.3, -0.25) is 0 Å². The minimum absolute atomic E-state index is 0.0648. The van der Waals surface area contributed by atoms with Crippen molar-refractivity contribution in [3.05, 3.63) is 53.6 Å². The predicted molar refractivity (Wildman–Crippen MR) is 93.0 cm³/mol. The maximum atomic E-state index is 9.37. The van der Waals surface area contributed by atoms with E-state index in [9.17, 15) is 5.11 Å². The summed E-state index contributed by atoms with van der Waals surface area (Å²) in [5.41, 5.74) is 2.76. The van der Waals surface area contributed by atoms with Crippen molar-refractivity contribution in [3.8, 4) is 17.6 Å². The standard InChI is InChI=1S/C19H22N2O3/c1-23-19-8-7-17(12-16(19)14-22)21-13-15-5-4-6-18(11-15)24-10-3-2-9-20/h4-8,11-12,21-22H,2-3,10,13-14H2,1H3. The number of aliphatic hydroxyl groups excluding tert-OH is 1. The average molecular weight is 326 g/mol. The van der Waals surface area contributed by atoms with Gasteiger partial charge in [0.15, 0.2) is 0 Å². The van der Waals surface area contributed by atoms with E-state index in [1.54, 1.807) is 7.11 Å². The summed E-state index contributed by atoms with van der Waals surface area (Å²) in [5, 5.41) is 21.2. The lowest BCUT2D eigenvalue weighted by atomic mass is 10.1. The Morgan fingerprint density at radius 1 is 1.21 bits per heavy atom. The molecule has 0 aliphatic carbocycles. The Hall–Kier alpha value is -2.71. The third kappa shape index (κ3) is 5.18. The van der Waals surface area contributed by atoms with Gasteiger partial charge in [0.1, 0.15) is 11.5 Å². The molecule has 2 aromatic rings. The van der Waals surface area contributed by atoms with Crippen molar-refractivity contribution in [2.75, 3.05) is 19.0 Å². The maximum Gasteiger partial charge on any atom is 0.124 e. The fraction of sp³-hybridized carbons (Fsp3) is 0.316. The van der Waals surface area contributed by atoms with Gasteiger partial charge in [0.25, 0.3) is 0 Å². The Morgan fingerprint density at radius 2 is 2.08 bits per heavy atom. The van der Waals surface area contributed by atoms with Crippen LogP contribution >= 0.6 is 0 Å². The van der Waals surface area contributed by atoms with Crippen LogP contribution in [0.15, 0.2) is 42.5 Å². The third-order valence-electron chi connectivity index (χ3n) is 3.55. The number of nitriles is 1. The average Bonchev–Trinajstić information content (AvgIpc) is 2.63. The molecule has 0 heterocycles. The molecule has 0 saturated heterocycles. The highest BCUT2D eigenvalue weighted by atomic mass is 16.5. The Bertz CT molecular complexity index is 695. The smallest absolute Gasteiger partial charge is 0.124 e. The summed E-state index contributed by atoms with van der Waals surface area (Å²) in [4.78, 5) is 0. The molecule has 0 aromatic heterocycles. The Labute approximate surface area is 142 Å². The number of hydrogen-bond donors (Lipinski definition) is 2. The predicted octanol–water partition coefficient (Wildman–Crippen LogP) is 3.48. The van der Waals surface area contributed by atoms with E-state index < -0.39 is 0 Å². The van der Waals surface area contributed by atoms with Crippen molar-refractivity contribution in [1.82, 2.24) is 0 Å². The fourth-order valence-corrected chi connectivity index (χ4v) is 2.30. The van der Waals surface area contributed by atoms with Crippen LogP contribution in [0.1, 0.15) is 24.0 Å². The minimum atomic E-state index is -0.0648. The summed E-state index contributed by atoms with van der Waals surface area (Å²) in [6, 6.07) is 15.6. The van der Waals surface area contributed by atoms with Gasteiger partial charge in [-0.25, -0.2) is 0 Å². The number of nitrogens with zero attached hydrogens (tertiary/aromatic N) is 1. The molecule has 5 nitrogen and oxygen atoms in total. The van der Waals surface area contributed by atoms with E-state index in [2.05, 4.69) is 11.4 Å². The van der Waals surface area contributed by atoms with Gasteiger partial charge < -0.3 is 19.9 Å². The van der Waals surface area contributed by atoms with Crippen LogP contribution in [-0.4, -0.2) is 18.8 Å². The summed E-state index contributed by atoms with van der Waals surface area (Å²) < 4.78 is 10.8. The summed E-state index contributed by atoms with van der Waals surface area (Å²) in [6.45, 7) is 1.13. The van der Waals surface area contributed by atoms with Crippen molar-refractivity contribution in [2.24, 2.45) is 0 Å². The van der Waals surface area contributed by atoms with E-state index >= 15 is 0 Å². The first-order valence-corrected chi connectivity index (χ1v) is 7.87. The van der Waals surface area contributed by atoms with Crippen LogP contribution in [0.25, 0.3) is 0 Å². The van der Waals surface area contributed by atoms with Crippen LogP contribution in [0.4, 0.5) is 5.69 Å². The quantitative estimate of drug-likeness (QED) is 0.690. The number of hydrogen-bond acceptors (Lipinski definition) is 5. The number of nitrogens with one attached hydrogen (secondary N) is 1. The molecule has 24 heavy (non-hydrogen) atoms. The largest absolute Gasteiger partial charge is 0.496 e. The highest BCUT2D eigenvalue weighted by Crippen LogP contribution is 2.23. The molecule has 0 spiro atoms. The van der Waals surface area contributed by atoms with Crippen LogP contribution in [-0.2, 0) is 13.2 Å². The molecule has 0 unspecified atom stereocenters. The maximum absolute atomic E-state index is 9.37. The molecule has 0 atom stereocenters. The molecule has 0 saturated carbocycles. The van der Waals surface area contributed by atoms with E-state index in [0.29, 0.717) is 25.3 Å². The number of ether oxygens (including phenoxy) is 2. The first-order valence-electron chi connectivity index (χ1n) is 7.87. The molecular weight excluding hydrogens is 304 g/mol. The Kier molecular flexibility index (Phi) is 6.93. The van der Waals surface area contributed by atoms with Gasteiger partial charge >= 0.3 is 0 Å². The second-order valence-electron chi connectivity index (χ2n) is 5.30. The molecule has 0 bridgehead atoms. The van der Waals surface area contributed by atoms with Crippen LogP contribution in [0, 0.1) is 11.3 Å². The van der Waals surface area contributed by atoms with Gasteiger partial charge in [0.2, 0.25) is 0 Å². The van der Waals surface area contributed by atoms with Crippen molar-refractivity contribution in [3.63, 3.8) is 0 Å². The number of rotatable bonds is 9. The van der Waals surface area contributed by atoms with Crippen LogP contribution < -0.4 is 14.8 Å². The van der Waals surface area contributed by atoms with Gasteiger partial charge in [0.05, 0.1) is 26.4 Å². The molecule has 0 radical (unpaired) electrons. The van der Waals surface area contributed by atoms with Gasteiger partial charge in [-0.1, -0.05) is 12.1 Å². The van der Waals surface area contributed by atoms with Crippen LogP contribution in [0.5, 0.6) is 11.5 Å². The molecule has 0 fully saturated rings. The van der Waals surface area contributed by atoms with Gasteiger partial charge in [-0.2, -0.15) is 5.26 Å². The highest BCUT2D eigenvalue weighted by Gasteiger charge is 2.04. The lowest BCUT2D eigenvalue weighted by Crippen LogP contribution is -2.02. The summed E-state index contributed by atoms with van der Waals surface area (Å²) in [7, 11) is 1.59. The molecule has 2 aromatic carbocycles. The van der Waals surface area contributed by atoms with Crippen molar-refractivity contribution in [1.29, 1.82) is 5.26 Å². The number of aliphatic hydroxyl groups is 1. The Balaban J connectivity index is 1.93. The number of anilines is 1. The minimum Gasteiger partial charge on any atom is -0.496 e. The molecular formula is C19H22N2O3. The number of methoxy groups -OCH3 is 1. The van der Waals surface area contributed by atoms with Crippen LogP contribution in [0.2, 0.25) is 0 Å². The van der Waals surface area contributed by atoms with Gasteiger partial charge in [-0.05, 0) is 42.3 Å². The van der Waals surface area contributed by atoms with E-state index in [-0.39, 0.29) is 6.61 Å². The second-order valence-corrected chi connectivity index (χ2v) is 5.30. The van der Waals surface area contributed by atoms with Crippen molar-refractivity contribution in [2.45, 2.75) is 26.0 Å². The lowest BCUT2D eigenvalue weighted by molar-refractivity contribution is 0.274. The summed E-state index contributed by atoms with van der Waals surface area (Å²) in [5.74, 6) is 1.48. The zero-order chi connectivity index (χ0) is 17.2. The van der Waals surface area contributed by atoms with Crippen molar-refractivity contribution >= 4 is 5.69 Å². The number of benzene rings is 2. The first kappa shape index (κ1) is 17.6. The molecule has 0 amide bonds. The summed E-state index contributed by atoms with van der Waals surface area (Å²) in [6.07, 6.45) is 1.24. The lowest BCUT2D eigenvalue weighted by Gasteiger charge is -2.12. The topological polar surface area (TPSA) is 74.5 Å². The molecule has 2 N–H and O–H groups in total. The van der Waals surface area contributed by atoms with Gasteiger partial charge in [-0.15, -0.1) is 0 Å². The number of unbranched alkanes of at least 4 members (excludes halogenated alkanes) is 1. The zero-order valence-electron chi connectivity index (χ0n) is 13.8. The van der Waals surface area contributed by atoms with E-state index in [1.165, 1.54) is 0 Å². The third-order valence-corrected chi connectivity index (χ3v) is 3.55. The van der Waals surface area contributed by atoms with E-state index in [4.69, 9.17) is 14.7 Å². The fourth-order valence-electron chi connectivity index (χ4n) is 2.30. The first-order chi connectivity index (χ1) is 11.8. The van der Waals surface area contributed by atoms with E-state index in [1.807, 2.05) is 42.5 Å². The van der Waals surface area contributed by atoms with Gasteiger partial charge in [0, 0.05) is 24.2 Å². The molecule has 5 heteroatoms. The highest BCUT2D eigenvalue weighted by molar-refractivity contribution is 5.51. The molecule has 2 rings (SSSR count). The van der Waals surface area contributed by atoms with E-state index in [0.717, 1.165) is 29.0 Å². The molecule has 126 valence electrons. The molecule has 0 aliphatic rings. The zero-order valence-corrected chi connectivity index (χ0v) is 13.8. The Morgan fingerprint density at radius 3 is 2.83 bits per heavy atom. The summed E-state index contributed by atoms with van der Waals surface area (Å²) >= 11 is 0. The SMILES string of the molecule is COc1ccc(NCc2cccc(OCCCC#N)c2)cc1CO. The van der Waals surface area contributed by atoms with Crippen LogP contribution in [0.3, 0.4) is 0 Å². The van der Waals surface area contributed by atoms with Crippen molar-refractivity contribution < 1.29 is 14.6 Å². The molecule has 0 aliphatic heterocycles.